The van der Waals surface area contributed by atoms with Crippen LogP contribution >= 0.6 is 0 Å². The maximum atomic E-state index is 13.0. The average molecular weight is 456 g/mol. The quantitative estimate of drug-likeness (QED) is 0.416. The predicted molar refractivity (Wildman–Crippen MR) is 140 cm³/mol. The van der Waals surface area contributed by atoms with E-state index in [0.29, 0.717) is 22.6 Å². The van der Waals surface area contributed by atoms with Crippen LogP contribution in [0.25, 0.3) is 16.9 Å². The first kappa shape index (κ1) is 26.3. The smallest absolute Gasteiger partial charge is 0.255 e. The molecule has 2 aromatic carbocycles. The molecule has 0 atom stereocenters. The number of methoxy groups -OCH3 is 1. The van der Waals surface area contributed by atoms with Crippen LogP contribution in [0.5, 0.6) is 0 Å². The average Bonchev–Trinajstić information content (AvgIpc) is 2.85. The third-order valence-electron chi connectivity index (χ3n) is 5.30. The normalized spacial score (nSPS) is 10.4. The van der Waals surface area contributed by atoms with Crippen LogP contribution in [-0.2, 0) is 10.2 Å². The number of hydrogen-bond donors (Lipinski definition) is 1. The Labute approximate surface area is 203 Å². The zero-order valence-electron chi connectivity index (χ0n) is 21.1. The summed E-state index contributed by atoms with van der Waals surface area (Å²) in [6.07, 6.45) is 1.64. The Kier molecular flexibility index (Phi) is 8.75. The number of nitriles is 1. The molecule has 34 heavy (non-hydrogen) atoms. The number of pyridine rings is 1. The Balaban J connectivity index is 0.00000199. The number of amides is 1. The number of carbonyl (C=O) groups excluding carboxylic acids is 1. The van der Waals surface area contributed by atoms with Crippen LogP contribution in [0.2, 0.25) is 0 Å². The summed E-state index contributed by atoms with van der Waals surface area (Å²) in [6.45, 7) is 15.9. The molecule has 0 radical (unpaired) electrons. The lowest BCUT2D eigenvalue weighted by Crippen LogP contribution is -2.16. The van der Waals surface area contributed by atoms with Crippen molar-refractivity contribution in [1.82, 2.24) is 4.98 Å². The van der Waals surface area contributed by atoms with Crippen LogP contribution < -0.4 is 5.32 Å². The van der Waals surface area contributed by atoms with Gasteiger partial charge in [-0.2, -0.15) is 5.26 Å². The molecular weight excluding hydrogens is 422 g/mol. The Bertz CT molecular complexity index is 1210. The molecule has 0 bridgehead atoms. The summed E-state index contributed by atoms with van der Waals surface area (Å²) in [5, 5.41) is 12.3. The van der Waals surface area contributed by atoms with Gasteiger partial charge in [-0.3, -0.25) is 9.78 Å². The molecule has 0 saturated carbocycles. The molecule has 3 aromatic rings. The van der Waals surface area contributed by atoms with Gasteiger partial charge in [0, 0.05) is 22.4 Å². The summed E-state index contributed by atoms with van der Waals surface area (Å²) >= 11 is 0. The fraction of sp³-hybridized carbons (Fsp3) is 0.276. The molecule has 1 amide bonds. The number of benzene rings is 2. The second-order valence-corrected chi connectivity index (χ2v) is 8.68. The molecule has 5 nitrogen and oxygen atoms in total. The number of rotatable bonds is 5. The molecule has 1 N–H and O–H groups in total. The van der Waals surface area contributed by atoms with E-state index in [4.69, 9.17) is 4.74 Å². The van der Waals surface area contributed by atoms with Gasteiger partial charge in [0.05, 0.1) is 30.6 Å². The lowest BCUT2D eigenvalue weighted by Gasteiger charge is -2.20. The minimum Gasteiger partial charge on any atom is -0.497 e. The molecule has 0 aliphatic heterocycles. The van der Waals surface area contributed by atoms with Crippen LogP contribution in [0.3, 0.4) is 0 Å². The molecule has 0 unspecified atom stereocenters. The SMILES string of the molecule is C=C(OC)c1ccc(-c2cc(NC(=O)c3cc(C#N)cc(C(C)(C)C)c3)cnc2C)cc1.CC. The molecule has 1 heterocycles. The number of anilines is 1. The minimum atomic E-state index is -0.282. The number of nitrogens with zero attached hydrogens (tertiary/aromatic N) is 2. The van der Waals surface area contributed by atoms with E-state index < -0.39 is 0 Å². The van der Waals surface area contributed by atoms with Crippen molar-refractivity contribution in [2.75, 3.05) is 12.4 Å². The van der Waals surface area contributed by atoms with Crippen molar-refractivity contribution in [2.45, 2.75) is 47.0 Å². The number of aryl methyl sites for hydroxylation is 1. The molecule has 0 aliphatic carbocycles. The van der Waals surface area contributed by atoms with E-state index in [2.05, 4.69) is 43.7 Å². The Morgan fingerprint density at radius 2 is 1.71 bits per heavy atom. The van der Waals surface area contributed by atoms with Crippen molar-refractivity contribution in [2.24, 2.45) is 0 Å². The number of aromatic nitrogens is 1. The number of hydrogen-bond acceptors (Lipinski definition) is 4. The summed E-state index contributed by atoms with van der Waals surface area (Å²) in [7, 11) is 1.59. The van der Waals surface area contributed by atoms with Gasteiger partial charge in [0.1, 0.15) is 5.76 Å². The van der Waals surface area contributed by atoms with E-state index in [1.54, 1.807) is 19.4 Å². The summed E-state index contributed by atoms with van der Waals surface area (Å²) < 4.78 is 5.18. The zero-order valence-corrected chi connectivity index (χ0v) is 21.1. The number of ether oxygens (including phenoxy) is 1. The van der Waals surface area contributed by atoms with Crippen LogP contribution in [0.4, 0.5) is 5.69 Å². The first-order chi connectivity index (χ1) is 16.1. The standard InChI is InChI=1S/C27H27N3O2.C2H6/c1-17-25(21-9-7-20(8-10-21)18(2)32-6)14-24(16-29-17)30-26(31)22-11-19(15-28)12-23(13-22)27(3,4)5;1-2/h7-14,16H,2H2,1,3-6H3,(H,30,31);1-2H3. The molecule has 0 aliphatic rings. The Hall–Kier alpha value is -3.91. The van der Waals surface area contributed by atoms with E-state index >= 15 is 0 Å². The van der Waals surface area contributed by atoms with Gasteiger partial charge in [0.2, 0.25) is 0 Å². The fourth-order valence-electron chi connectivity index (χ4n) is 3.31. The van der Waals surface area contributed by atoms with Gasteiger partial charge in [-0.15, -0.1) is 0 Å². The summed E-state index contributed by atoms with van der Waals surface area (Å²) in [5.74, 6) is 0.317. The van der Waals surface area contributed by atoms with Crippen molar-refractivity contribution in [3.63, 3.8) is 0 Å². The molecule has 176 valence electrons. The Morgan fingerprint density at radius 3 is 2.26 bits per heavy atom. The second kappa shape index (κ2) is 11.3. The predicted octanol–water partition coefficient (Wildman–Crippen LogP) is 7.12. The Morgan fingerprint density at radius 1 is 1.06 bits per heavy atom. The van der Waals surface area contributed by atoms with Crippen LogP contribution in [-0.4, -0.2) is 18.0 Å². The molecule has 1 aromatic heterocycles. The van der Waals surface area contributed by atoms with Crippen LogP contribution in [0.1, 0.15) is 67.4 Å². The topological polar surface area (TPSA) is 75.0 Å². The molecule has 0 spiro atoms. The largest absolute Gasteiger partial charge is 0.497 e. The van der Waals surface area contributed by atoms with Crippen LogP contribution in [0.15, 0.2) is 61.3 Å². The first-order valence-corrected chi connectivity index (χ1v) is 11.3. The maximum absolute atomic E-state index is 13.0. The third kappa shape index (κ3) is 6.32. The van der Waals surface area contributed by atoms with E-state index in [9.17, 15) is 10.1 Å². The highest BCUT2D eigenvalue weighted by molar-refractivity contribution is 6.04. The highest BCUT2D eigenvalue weighted by Crippen LogP contribution is 2.28. The van der Waals surface area contributed by atoms with Gasteiger partial charge in [-0.05, 0) is 47.7 Å². The van der Waals surface area contributed by atoms with E-state index in [1.165, 1.54) is 0 Å². The minimum absolute atomic E-state index is 0.180. The van der Waals surface area contributed by atoms with Gasteiger partial charge in [-0.1, -0.05) is 65.5 Å². The lowest BCUT2D eigenvalue weighted by molar-refractivity contribution is 0.102. The lowest BCUT2D eigenvalue weighted by atomic mass is 9.85. The monoisotopic (exact) mass is 455 g/mol. The van der Waals surface area contributed by atoms with Gasteiger partial charge >= 0.3 is 0 Å². The first-order valence-electron chi connectivity index (χ1n) is 11.3. The molecule has 5 heteroatoms. The van der Waals surface area contributed by atoms with Gasteiger partial charge in [-0.25, -0.2) is 0 Å². The van der Waals surface area contributed by atoms with Crippen molar-refractivity contribution in [3.05, 3.63) is 89.3 Å². The molecule has 3 rings (SSSR count). The summed E-state index contributed by atoms with van der Waals surface area (Å²) in [5.41, 5.74) is 5.88. The number of carbonyl (C=O) groups is 1. The van der Waals surface area contributed by atoms with Crippen molar-refractivity contribution in [1.29, 1.82) is 5.26 Å². The van der Waals surface area contributed by atoms with E-state index in [0.717, 1.165) is 27.9 Å². The van der Waals surface area contributed by atoms with Gasteiger partial charge < -0.3 is 10.1 Å². The molecule has 0 fully saturated rings. The molecular formula is C29H33N3O2. The third-order valence-corrected chi connectivity index (χ3v) is 5.30. The maximum Gasteiger partial charge on any atom is 0.255 e. The highest BCUT2D eigenvalue weighted by Gasteiger charge is 2.18. The number of nitrogens with one attached hydrogen (secondary N) is 1. The highest BCUT2D eigenvalue weighted by atomic mass is 16.5. The zero-order chi connectivity index (χ0) is 25.5. The van der Waals surface area contributed by atoms with Gasteiger partial charge in [0.25, 0.3) is 5.91 Å². The van der Waals surface area contributed by atoms with Gasteiger partial charge in [0.15, 0.2) is 0 Å². The fourth-order valence-corrected chi connectivity index (χ4v) is 3.31. The summed E-state index contributed by atoms with van der Waals surface area (Å²) in [4.78, 5) is 17.4. The second-order valence-electron chi connectivity index (χ2n) is 8.68. The van der Waals surface area contributed by atoms with E-state index in [1.807, 2.05) is 63.2 Å². The van der Waals surface area contributed by atoms with Crippen molar-refractivity contribution >= 4 is 17.4 Å². The van der Waals surface area contributed by atoms with Crippen LogP contribution in [0, 0.1) is 18.3 Å². The van der Waals surface area contributed by atoms with Crippen molar-refractivity contribution < 1.29 is 9.53 Å². The van der Waals surface area contributed by atoms with Crippen molar-refractivity contribution in [3.8, 4) is 17.2 Å². The summed E-state index contributed by atoms with van der Waals surface area (Å²) in [6, 6.07) is 17.1. The van der Waals surface area contributed by atoms with E-state index in [-0.39, 0.29) is 11.3 Å². The molecule has 0 saturated heterocycles.